The topological polar surface area (TPSA) is 34.3 Å². The van der Waals surface area contributed by atoms with Gasteiger partial charge in [-0.1, -0.05) is 11.6 Å². The van der Waals surface area contributed by atoms with Crippen molar-refractivity contribution >= 4 is 11.6 Å². The van der Waals surface area contributed by atoms with Crippen LogP contribution in [-0.4, -0.2) is 37.6 Å². The molecule has 2 saturated heterocycles. The number of rotatable bonds is 4. The third-order valence-electron chi connectivity index (χ3n) is 1.50. The predicted molar refractivity (Wildman–Crippen MR) is 35.1 cm³/mol. The second-order valence-corrected chi connectivity index (χ2v) is 2.94. The average molecular weight is 165 g/mol. The smallest absolute Gasteiger partial charge is 0.159 e. The summed E-state index contributed by atoms with van der Waals surface area (Å²) in [4.78, 5) is 0. The summed E-state index contributed by atoms with van der Waals surface area (Å²) < 4.78 is 15.1. The van der Waals surface area contributed by atoms with Gasteiger partial charge in [0.15, 0.2) is 5.56 Å². The lowest BCUT2D eigenvalue weighted by atomic mass is 10.5. The highest BCUT2D eigenvalue weighted by Crippen LogP contribution is 2.21. The van der Waals surface area contributed by atoms with Crippen molar-refractivity contribution in [3.63, 3.8) is 0 Å². The molecule has 0 aromatic heterocycles. The molecule has 3 nitrogen and oxygen atoms in total. The summed E-state index contributed by atoms with van der Waals surface area (Å²) in [6.07, 6.45) is 0.417. The highest BCUT2D eigenvalue weighted by molar-refractivity contribution is 6.20. The zero-order valence-corrected chi connectivity index (χ0v) is 6.21. The Morgan fingerprint density at radius 3 is 2.70 bits per heavy atom. The fraction of sp³-hybridized carbons (Fsp3) is 1.00. The van der Waals surface area contributed by atoms with Gasteiger partial charge in [-0.25, -0.2) is 0 Å². The van der Waals surface area contributed by atoms with Crippen LogP contribution in [0.2, 0.25) is 0 Å². The second kappa shape index (κ2) is 2.66. The number of halogens is 1. The van der Waals surface area contributed by atoms with Crippen LogP contribution in [0.25, 0.3) is 0 Å². The first-order chi connectivity index (χ1) is 4.86. The molecule has 0 aromatic rings. The molecule has 2 fully saturated rings. The first kappa shape index (κ1) is 6.85. The first-order valence-corrected chi connectivity index (χ1v) is 3.79. The molecule has 0 aliphatic carbocycles. The summed E-state index contributed by atoms with van der Waals surface area (Å²) in [5.41, 5.74) is -0.274. The van der Waals surface area contributed by atoms with E-state index in [0.717, 1.165) is 13.2 Å². The maximum absolute atomic E-state index is 5.75. The molecule has 0 spiro atoms. The van der Waals surface area contributed by atoms with Gasteiger partial charge in [0.25, 0.3) is 0 Å². The highest BCUT2D eigenvalue weighted by Gasteiger charge is 2.34. The van der Waals surface area contributed by atoms with E-state index in [2.05, 4.69) is 0 Å². The standard InChI is InChI=1S/C6H9ClO3/c7-6(5-3-9-5)10-2-4-1-8-4/h4-6H,1-3H2. The van der Waals surface area contributed by atoms with Crippen molar-refractivity contribution in [3.05, 3.63) is 0 Å². The maximum atomic E-state index is 5.75. The summed E-state index contributed by atoms with van der Waals surface area (Å²) in [7, 11) is 0. The van der Waals surface area contributed by atoms with Crippen LogP contribution in [-0.2, 0) is 14.2 Å². The minimum absolute atomic E-state index is 0.125. The van der Waals surface area contributed by atoms with E-state index in [9.17, 15) is 0 Å². The normalized spacial score (nSPS) is 39.3. The summed E-state index contributed by atoms with van der Waals surface area (Å²) >= 11 is 5.75. The van der Waals surface area contributed by atoms with E-state index in [1.165, 1.54) is 0 Å². The number of hydrogen-bond acceptors (Lipinski definition) is 3. The van der Waals surface area contributed by atoms with Crippen LogP contribution in [0, 0.1) is 0 Å². The Bertz CT molecular complexity index is 122. The van der Waals surface area contributed by atoms with Crippen molar-refractivity contribution in [1.29, 1.82) is 0 Å². The molecule has 10 heavy (non-hydrogen) atoms. The Balaban J connectivity index is 1.58. The molecule has 3 atom stereocenters. The van der Waals surface area contributed by atoms with Gasteiger partial charge >= 0.3 is 0 Å². The van der Waals surface area contributed by atoms with Crippen molar-refractivity contribution < 1.29 is 14.2 Å². The molecular formula is C6H9ClO3. The summed E-state index contributed by atoms with van der Waals surface area (Å²) in [6.45, 7) is 2.16. The third kappa shape index (κ3) is 1.83. The Hall–Kier alpha value is 0.170. The van der Waals surface area contributed by atoms with Crippen molar-refractivity contribution in [2.45, 2.75) is 17.8 Å². The van der Waals surface area contributed by atoms with Crippen LogP contribution in [0.5, 0.6) is 0 Å². The van der Waals surface area contributed by atoms with E-state index in [-0.39, 0.29) is 11.7 Å². The van der Waals surface area contributed by atoms with Gasteiger partial charge in [0.1, 0.15) is 12.2 Å². The molecule has 3 unspecified atom stereocenters. The molecule has 2 aliphatic rings. The molecule has 0 saturated carbocycles. The second-order valence-electron chi connectivity index (χ2n) is 2.51. The monoisotopic (exact) mass is 164 g/mol. The van der Waals surface area contributed by atoms with Crippen LogP contribution in [0.4, 0.5) is 0 Å². The Labute approximate surface area is 64.2 Å². The molecule has 0 N–H and O–H groups in total. The van der Waals surface area contributed by atoms with E-state index in [1.54, 1.807) is 0 Å². The summed E-state index contributed by atoms with van der Waals surface area (Å²) in [5, 5.41) is 0. The number of alkyl halides is 1. The van der Waals surface area contributed by atoms with Gasteiger partial charge in [-0.3, -0.25) is 0 Å². The van der Waals surface area contributed by atoms with Crippen molar-refractivity contribution in [2.75, 3.05) is 19.8 Å². The fourth-order valence-electron chi connectivity index (χ4n) is 0.678. The molecule has 0 radical (unpaired) electrons. The van der Waals surface area contributed by atoms with Gasteiger partial charge in [-0.15, -0.1) is 0 Å². The number of hydrogen-bond donors (Lipinski definition) is 0. The van der Waals surface area contributed by atoms with E-state index in [4.69, 9.17) is 25.8 Å². The lowest BCUT2D eigenvalue weighted by Gasteiger charge is -2.04. The van der Waals surface area contributed by atoms with E-state index >= 15 is 0 Å². The zero-order valence-electron chi connectivity index (χ0n) is 5.46. The molecule has 58 valence electrons. The van der Waals surface area contributed by atoms with Gasteiger partial charge < -0.3 is 14.2 Å². The molecule has 2 heterocycles. The molecule has 0 aromatic carbocycles. The predicted octanol–water partition coefficient (Wildman–Crippen LogP) is 0.365. The largest absolute Gasteiger partial charge is 0.371 e. The van der Waals surface area contributed by atoms with Gasteiger partial charge in [-0.2, -0.15) is 0 Å². The van der Waals surface area contributed by atoms with Gasteiger partial charge in [0.2, 0.25) is 0 Å². The fourth-order valence-corrected chi connectivity index (χ4v) is 0.896. The SMILES string of the molecule is ClC(OCC1CO1)C1CO1. The average Bonchev–Trinajstić information content (AvgIpc) is 2.76. The van der Waals surface area contributed by atoms with Crippen LogP contribution >= 0.6 is 11.6 Å². The number of ether oxygens (including phenoxy) is 3. The van der Waals surface area contributed by atoms with Gasteiger partial charge in [-0.05, 0) is 0 Å². The molecule has 2 aliphatic heterocycles. The minimum Gasteiger partial charge on any atom is -0.371 e. The van der Waals surface area contributed by atoms with Gasteiger partial charge in [0.05, 0.1) is 19.8 Å². The molecule has 4 heteroatoms. The minimum atomic E-state index is -0.274. The maximum Gasteiger partial charge on any atom is 0.159 e. The van der Waals surface area contributed by atoms with Crippen molar-refractivity contribution in [2.24, 2.45) is 0 Å². The van der Waals surface area contributed by atoms with E-state index in [1.807, 2.05) is 0 Å². The number of epoxide rings is 2. The van der Waals surface area contributed by atoms with Crippen LogP contribution in [0.3, 0.4) is 0 Å². The van der Waals surface area contributed by atoms with Crippen LogP contribution in [0.1, 0.15) is 0 Å². The lowest BCUT2D eigenvalue weighted by molar-refractivity contribution is 0.0743. The summed E-state index contributed by atoms with van der Waals surface area (Å²) in [6, 6.07) is 0. The quantitative estimate of drug-likeness (QED) is 0.445. The van der Waals surface area contributed by atoms with Crippen molar-refractivity contribution in [1.82, 2.24) is 0 Å². The molecule has 0 amide bonds. The van der Waals surface area contributed by atoms with E-state index in [0.29, 0.717) is 12.7 Å². The van der Waals surface area contributed by atoms with Crippen molar-refractivity contribution in [3.8, 4) is 0 Å². The summed E-state index contributed by atoms with van der Waals surface area (Å²) in [5.74, 6) is 0. The molecular weight excluding hydrogens is 156 g/mol. The Morgan fingerprint density at radius 2 is 2.20 bits per heavy atom. The van der Waals surface area contributed by atoms with Crippen LogP contribution in [0.15, 0.2) is 0 Å². The van der Waals surface area contributed by atoms with Gasteiger partial charge in [0, 0.05) is 0 Å². The Kier molecular flexibility index (Phi) is 1.82. The lowest BCUT2D eigenvalue weighted by Crippen LogP contribution is -2.15. The first-order valence-electron chi connectivity index (χ1n) is 3.35. The zero-order chi connectivity index (χ0) is 6.97. The Morgan fingerprint density at radius 1 is 1.50 bits per heavy atom. The highest BCUT2D eigenvalue weighted by atomic mass is 35.5. The molecule has 0 bridgehead atoms. The van der Waals surface area contributed by atoms with Crippen LogP contribution < -0.4 is 0 Å². The van der Waals surface area contributed by atoms with E-state index < -0.39 is 0 Å². The third-order valence-corrected chi connectivity index (χ3v) is 1.90. The molecule has 2 rings (SSSR count).